The third-order valence-corrected chi connectivity index (χ3v) is 2.06. The van der Waals surface area contributed by atoms with E-state index in [0.29, 0.717) is 0 Å². The van der Waals surface area contributed by atoms with Gasteiger partial charge in [-0.05, 0) is 43.7 Å². The van der Waals surface area contributed by atoms with Crippen molar-refractivity contribution in [3.8, 4) is 0 Å². The van der Waals surface area contributed by atoms with Crippen LogP contribution in [0, 0.1) is 13.8 Å². The number of allylic oxidation sites excluding steroid dienone is 1. The average Bonchev–Trinajstić information content (AvgIpc) is 2.03. The Labute approximate surface area is 73.9 Å². The molecule has 0 fully saturated rings. The molecule has 0 aromatic heterocycles. The van der Waals surface area contributed by atoms with Crippen LogP contribution in [0.25, 0.3) is 5.57 Å². The maximum atomic E-state index is 5.45. The highest BCUT2D eigenvalue weighted by Gasteiger charge is 1.98. The molecule has 1 rings (SSSR count). The lowest BCUT2D eigenvalue weighted by atomic mass is 10.0. The van der Waals surface area contributed by atoms with E-state index in [1.54, 1.807) is 6.20 Å². The number of aryl methyl sites for hydroxylation is 2. The molecule has 2 N–H and O–H groups in total. The fraction of sp³-hybridized carbons (Fsp3) is 0.273. The first-order valence-electron chi connectivity index (χ1n) is 4.11. The summed E-state index contributed by atoms with van der Waals surface area (Å²) < 4.78 is 0. The summed E-state index contributed by atoms with van der Waals surface area (Å²) in [6, 6.07) is 6.39. The summed E-state index contributed by atoms with van der Waals surface area (Å²) >= 11 is 0. The van der Waals surface area contributed by atoms with Crippen LogP contribution in [-0.2, 0) is 0 Å². The first-order chi connectivity index (χ1) is 5.65. The lowest BCUT2D eigenvalue weighted by Gasteiger charge is -2.05. The molecule has 64 valence electrons. The number of nitrogens with two attached hydrogens (primary N) is 1. The molecule has 1 aromatic rings. The van der Waals surface area contributed by atoms with E-state index in [0.717, 1.165) is 5.57 Å². The van der Waals surface area contributed by atoms with E-state index >= 15 is 0 Å². The van der Waals surface area contributed by atoms with Gasteiger partial charge in [-0.25, -0.2) is 0 Å². The van der Waals surface area contributed by atoms with Crippen LogP contribution in [0.15, 0.2) is 24.4 Å². The Balaban J connectivity index is 3.18. The van der Waals surface area contributed by atoms with E-state index in [4.69, 9.17) is 5.73 Å². The highest BCUT2D eigenvalue weighted by atomic mass is 14.5. The summed E-state index contributed by atoms with van der Waals surface area (Å²) in [4.78, 5) is 0. The van der Waals surface area contributed by atoms with Crippen molar-refractivity contribution in [2.24, 2.45) is 5.73 Å². The average molecular weight is 161 g/mol. The van der Waals surface area contributed by atoms with Crippen molar-refractivity contribution < 1.29 is 0 Å². The van der Waals surface area contributed by atoms with Gasteiger partial charge in [0.1, 0.15) is 0 Å². The third-order valence-electron chi connectivity index (χ3n) is 2.06. The molecular formula is C11H15N. The molecule has 12 heavy (non-hydrogen) atoms. The van der Waals surface area contributed by atoms with Gasteiger partial charge >= 0.3 is 0 Å². The standard InChI is InChI=1S/C11H15N/c1-8-4-5-11(9(2)6-8)10(3)7-12/h4-7H,12H2,1-3H3/b10-7+. The molecule has 0 aliphatic carbocycles. The molecule has 0 amide bonds. The zero-order valence-electron chi connectivity index (χ0n) is 7.89. The van der Waals surface area contributed by atoms with Gasteiger partial charge in [0.2, 0.25) is 0 Å². The van der Waals surface area contributed by atoms with Crippen LogP contribution in [0.3, 0.4) is 0 Å². The van der Waals surface area contributed by atoms with E-state index in [9.17, 15) is 0 Å². The van der Waals surface area contributed by atoms with Gasteiger partial charge in [-0.2, -0.15) is 0 Å². The van der Waals surface area contributed by atoms with Gasteiger partial charge in [-0.3, -0.25) is 0 Å². The number of hydrogen-bond donors (Lipinski definition) is 1. The van der Waals surface area contributed by atoms with E-state index in [-0.39, 0.29) is 0 Å². The minimum absolute atomic E-state index is 1.13. The van der Waals surface area contributed by atoms with Crippen molar-refractivity contribution in [2.45, 2.75) is 20.8 Å². The second-order valence-corrected chi connectivity index (χ2v) is 3.17. The molecule has 0 aliphatic heterocycles. The second-order valence-electron chi connectivity index (χ2n) is 3.17. The smallest absolute Gasteiger partial charge is 0.00264 e. The Morgan fingerprint density at radius 3 is 2.50 bits per heavy atom. The first kappa shape index (κ1) is 8.85. The Kier molecular flexibility index (Phi) is 2.54. The lowest BCUT2D eigenvalue weighted by molar-refractivity contribution is 1.34. The van der Waals surface area contributed by atoms with E-state index < -0.39 is 0 Å². The van der Waals surface area contributed by atoms with E-state index in [1.165, 1.54) is 16.7 Å². The van der Waals surface area contributed by atoms with Crippen molar-refractivity contribution in [1.82, 2.24) is 0 Å². The van der Waals surface area contributed by atoms with Crippen LogP contribution in [0.1, 0.15) is 23.6 Å². The van der Waals surface area contributed by atoms with E-state index in [1.807, 2.05) is 6.92 Å². The zero-order chi connectivity index (χ0) is 9.14. The normalized spacial score (nSPS) is 11.8. The molecule has 0 atom stereocenters. The molecule has 0 radical (unpaired) electrons. The van der Waals surface area contributed by atoms with Gasteiger partial charge in [0, 0.05) is 0 Å². The quantitative estimate of drug-likeness (QED) is 0.673. The van der Waals surface area contributed by atoms with Crippen molar-refractivity contribution in [3.63, 3.8) is 0 Å². The lowest BCUT2D eigenvalue weighted by Crippen LogP contribution is -1.89. The molecule has 1 heteroatoms. The van der Waals surface area contributed by atoms with Gasteiger partial charge in [0.15, 0.2) is 0 Å². The number of benzene rings is 1. The van der Waals surface area contributed by atoms with Crippen LogP contribution in [-0.4, -0.2) is 0 Å². The van der Waals surface area contributed by atoms with Gasteiger partial charge in [0.05, 0.1) is 0 Å². The molecule has 0 bridgehead atoms. The van der Waals surface area contributed by atoms with Crippen LogP contribution in [0.5, 0.6) is 0 Å². The van der Waals surface area contributed by atoms with Crippen molar-refractivity contribution in [3.05, 3.63) is 41.1 Å². The molecule has 0 aliphatic rings. The zero-order valence-corrected chi connectivity index (χ0v) is 7.89. The monoisotopic (exact) mass is 161 g/mol. The Hall–Kier alpha value is -1.24. The molecule has 0 heterocycles. The molecular weight excluding hydrogens is 146 g/mol. The largest absolute Gasteiger partial charge is 0.404 e. The summed E-state index contributed by atoms with van der Waals surface area (Å²) in [6.07, 6.45) is 1.65. The van der Waals surface area contributed by atoms with Crippen LogP contribution < -0.4 is 5.73 Å². The Morgan fingerprint density at radius 1 is 1.33 bits per heavy atom. The molecule has 0 saturated carbocycles. The fourth-order valence-corrected chi connectivity index (χ4v) is 1.35. The van der Waals surface area contributed by atoms with E-state index in [2.05, 4.69) is 32.0 Å². The fourth-order valence-electron chi connectivity index (χ4n) is 1.35. The van der Waals surface area contributed by atoms with Crippen molar-refractivity contribution >= 4 is 5.57 Å². The van der Waals surface area contributed by atoms with Gasteiger partial charge in [-0.15, -0.1) is 0 Å². The summed E-state index contributed by atoms with van der Waals surface area (Å²) in [5.41, 5.74) is 10.4. The van der Waals surface area contributed by atoms with Crippen molar-refractivity contribution in [2.75, 3.05) is 0 Å². The Morgan fingerprint density at radius 2 is 2.00 bits per heavy atom. The minimum Gasteiger partial charge on any atom is -0.404 e. The molecule has 1 aromatic carbocycles. The molecule has 0 saturated heterocycles. The van der Waals surface area contributed by atoms with Gasteiger partial charge in [0.25, 0.3) is 0 Å². The second kappa shape index (κ2) is 3.44. The first-order valence-corrected chi connectivity index (χ1v) is 4.11. The van der Waals surface area contributed by atoms with Gasteiger partial charge in [-0.1, -0.05) is 23.8 Å². The highest BCUT2D eigenvalue weighted by molar-refractivity contribution is 5.66. The summed E-state index contributed by atoms with van der Waals surface area (Å²) in [6.45, 7) is 6.23. The maximum absolute atomic E-state index is 5.45. The van der Waals surface area contributed by atoms with Crippen LogP contribution in [0.2, 0.25) is 0 Å². The SMILES string of the molecule is C/C(=C\N)c1ccc(C)cc1C. The number of hydrogen-bond acceptors (Lipinski definition) is 1. The predicted molar refractivity (Wildman–Crippen MR) is 53.8 cm³/mol. The molecule has 0 spiro atoms. The number of rotatable bonds is 1. The summed E-state index contributed by atoms with van der Waals surface area (Å²) in [5, 5.41) is 0. The topological polar surface area (TPSA) is 26.0 Å². The van der Waals surface area contributed by atoms with Crippen molar-refractivity contribution in [1.29, 1.82) is 0 Å². The summed E-state index contributed by atoms with van der Waals surface area (Å²) in [5.74, 6) is 0. The van der Waals surface area contributed by atoms with Gasteiger partial charge < -0.3 is 5.73 Å². The molecule has 1 nitrogen and oxygen atoms in total. The summed E-state index contributed by atoms with van der Waals surface area (Å²) in [7, 11) is 0. The van der Waals surface area contributed by atoms with Crippen LogP contribution in [0.4, 0.5) is 0 Å². The highest BCUT2D eigenvalue weighted by Crippen LogP contribution is 2.18. The predicted octanol–water partition coefficient (Wildman–Crippen LogP) is 2.62. The Bertz CT molecular complexity index is 311. The third kappa shape index (κ3) is 1.67. The molecule has 0 unspecified atom stereocenters. The van der Waals surface area contributed by atoms with Crippen LogP contribution >= 0.6 is 0 Å². The maximum Gasteiger partial charge on any atom is -0.00264 e. The minimum atomic E-state index is 1.13.